The molecule has 10 nitrogen and oxygen atoms in total. The van der Waals surface area contributed by atoms with E-state index in [2.05, 4.69) is 9.97 Å². The molecule has 3 aromatic heterocycles. The maximum absolute atomic E-state index is 13.3. The largest absolute Gasteiger partial charge is 0.383 e. The number of carbonyl (C=O) groups excluding carboxylic acids is 1. The predicted octanol–water partition coefficient (Wildman–Crippen LogP) is 0.716. The Bertz CT molecular complexity index is 1140. The molecule has 0 unspecified atom stereocenters. The highest BCUT2D eigenvalue weighted by Crippen LogP contribution is 2.20. The van der Waals surface area contributed by atoms with Gasteiger partial charge >= 0.3 is 5.69 Å². The van der Waals surface area contributed by atoms with Crippen molar-refractivity contribution in [3.63, 3.8) is 0 Å². The van der Waals surface area contributed by atoms with Gasteiger partial charge in [-0.15, -0.1) is 0 Å². The molecule has 3 aromatic rings. The summed E-state index contributed by atoms with van der Waals surface area (Å²) in [5.41, 5.74) is 5.82. The van der Waals surface area contributed by atoms with Crippen LogP contribution in [0.4, 0.5) is 11.5 Å². The Kier molecular flexibility index (Phi) is 5.83. The quantitative estimate of drug-likeness (QED) is 0.601. The van der Waals surface area contributed by atoms with Crippen LogP contribution in [0.1, 0.15) is 24.2 Å². The van der Waals surface area contributed by atoms with Crippen LogP contribution in [0.25, 0.3) is 5.65 Å². The van der Waals surface area contributed by atoms with Crippen LogP contribution in [0.5, 0.6) is 0 Å². The fraction of sp³-hybridized carbons (Fsp3) is 0.368. The second-order valence-corrected chi connectivity index (χ2v) is 7.06. The fourth-order valence-corrected chi connectivity index (χ4v) is 3.08. The minimum Gasteiger partial charge on any atom is -0.383 e. The lowest BCUT2D eigenvalue weighted by Gasteiger charge is -2.24. The summed E-state index contributed by atoms with van der Waals surface area (Å²) < 4.78 is 8.08. The number of nitrogens with two attached hydrogens (primary N) is 1. The number of aromatic nitrogens is 4. The minimum absolute atomic E-state index is 0.0550. The third kappa shape index (κ3) is 4.06. The molecule has 0 radical (unpaired) electrons. The van der Waals surface area contributed by atoms with Crippen molar-refractivity contribution in [1.29, 1.82) is 0 Å². The monoisotopic (exact) mass is 400 g/mol. The van der Waals surface area contributed by atoms with Gasteiger partial charge in [-0.05, 0) is 18.1 Å². The lowest BCUT2D eigenvalue weighted by molar-refractivity contribution is 0.0975. The molecule has 3 N–H and O–H groups in total. The summed E-state index contributed by atoms with van der Waals surface area (Å²) in [7, 11) is 1.49. The zero-order valence-corrected chi connectivity index (χ0v) is 16.6. The number of amides is 1. The number of carbonyl (C=O) groups is 1. The third-order valence-electron chi connectivity index (χ3n) is 4.43. The average molecular weight is 400 g/mol. The molecule has 3 rings (SSSR count). The van der Waals surface area contributed by atoms with E-state index < -0.39 is 17.2 Å². The highest BCUT2D eigenvalue weighted by atomic mass is 16.5. The van der Waals surface area contributed by atoms with E-state index in [1.165, 1.54) is 16.6 Å². The van der Waals surface area contributed by atoms with Gasteiger partial charge in [-0.25, -0.2) is 9.78 Å². The van der Waals surface area contributed by atoms with Crippen LogP contribution in [0.15, 0.2) is 40.3 Å². The van der Waals surface area contributed by atoms with E-state index in [0.717, 1.165) is 0 Å². The van der Waals surface area contributed by atoms with Crippen LogP contribution in [-0.4, -0.2) is 45.1 Å². The van der Waals surface area contributed by atoms with Gasteiger partial charge < -0.3 is 14.9 Å². The van der Waals surface area contributed by atoms with Crippen molar-refractivity contribution in [1.82, 2.24) is 18.9 Å². The lowest BCUT2D eigenvalue weighted by atomic mass is 10.2. The number of anilines is 2. The Morgan fingerprint density at radius 2 is 2.10 bits per heavy atom. The predicted molar refractivity (Wildman–Crippen MR) is 109 cm³/mol. The van der Waals surface area contributed by atoms with Gasteiger partial charge in [-0.3, -0.25) is 24.0 Å². The first-order valence-electron chi connectivity index (χ1n) is 9.19. The summed E-state index contributed by atoms with van der Waals surface area (Å²) in [6, 6.07) is 3.33. The summed E-state index contributed by atoms with van der Waals surface area (Å²) >= 11 is 0. The number of fused-ring (bicyclic) bond motifs is 1. The maximum Gasteiger partial charge on any atom is 0.330 e. The van der Waals surface area contributed by atoms with Crippen molar-refractivity contribution < 1.29 is 9.53 Å². The second kappa shape index (κ2) is 8.31. The highest BCUT2D eigenvalue weighted by Gasteiger charge is 2.25. The zero-order valence-electron chi connectivity index (χ0n) is 16.6. The van der Waals surface area contributed by atoms with Crippen LogP contribution in [-0.2, 0) is 11.3 Å². The zero-order chi connectivity index (χ0) is 21.1. The standard InChI is InChI=1S/C19H24N6O4/c1-12(2)10-25-16(20)15(17(26)22-19(25)28)24(8-9-29-3)18(27)13-4-5-14-21-6-7-23(14)11-13/h4-7,11-12H,8-10,20H2,1-3H3,(H,22,26,28). The number of nitrogens with zero attached hydrogens (tertiary/aromatic N) is 4. The smallest absolute Gasteiger partial charge is 0.330 e. The van der Waals surface area contributed by atoms with Crippen LogP contribution in [0, 0.1) is 5.92 Å². The summed E-state index contributed by atoms with van der Waals surface area (Å²) in [6.07, 6.45) is 4.96. The Morgan fingerprint density at radius 1 is 1.34 bits per heavy atom. The van der Waals surface area contributed by atoms with Gasteiger partial charge in [-0.1, -0.05) is 13.8 Å². The molecular formula is C19H24N6O4. The van der Waals surface area contributed by atoms with Crippen LogP contribution in [0.2, 0.25) is 0 Å². The molecule has 0 spiro atoms. The van der Waals surface area contributed by atoms with Crippen molar-refractivity contribution in [3.05, 3.63) is 57.1 Å². The maximum atomic E-state index is 13.3. The molecule has 0 fully saturated rings. The first-order chi connectivity index (χ1) is 13.8. The van der Waals surface area contributed by atoms with Crippen LogP contribution in [0.3, 0.4) is 0 Å². The summed E-state index contributed by atoms with van der Waals surface area (Å²) in [4.78, 5) is 45.8. The van der Waals surface area contributed by atoms with Crippen LogP contribution < -0.4 is 21.9 Å². The number of pyridine rings is 1. The molecule has 0 saturated carbocycles. The van der Waals surface area contributed by atoms with Gasteiger partial charge in [0.2, 0.25) is 0 Å². The molecule has 0 bridgehead atoms. The third-order valence-corrected chi connectivity index (χ3v) is 4.43. The topological polar surface area (TPSA) is 128 Å². The van der Waals surface area contributed by atoms with Gasteiger partial charge in [0.15, 0.2) is 5.69 Å². The van der Waals surface area contributed by atoms with Gasteiger partial charge in [0.25, 0.3) is 11.5 Å². The van der Waals surface area contributed by atoms with Crippen molar-refractivity contribution in [2.24, 2.45) is 5.92 Å². The van der Waals surface area contributed by atoms with Crippen molar-refractivity contribution in [2.45, 2.75) is 20.4 Å². The number of nitrogens with one attached hydrogen (secondary N) is 1. The van der Waals surface area contributed by atoms with Gasteiger partial charge in [0.05, 0.1) is 12.2 Å². The van der Waals surface area contributed by atoms with Gasteiger partial charge in [0.1, 0.15) is 11.5 Å². The molecule has 0 aliphatic rings. The summed E-state index contributed by atoms with van der Waals surface area (Å²) in [6.45, 7) is 4.42. The van der Waals surface area contributed by atoms with E-state index in [1.807, 2.05) is 13.8 Å². The van der Waals surface area contributed by atoms with E-state index in [1.54, 1.807) is 35.1 Å². The number of rotatable bonds is 7. The van der Waals surface area contributed by atoms with E-state index in [-0.39, 0.29) is 30.6 Å². The Morgan fingerprint density at radius 3 is 2.79 bits per heavy atom. The Hall–Kier alpha value is -3.40. The molecule has 29 heavy (non-hydrogen) atoms. The van der Waals surface area contributed by atoms with E-state index in [0.29, 0.717) is 17.8 Å². The van der Waals surface area contributed by atoms with Crippen molar-refractivity contribution >= 4 is 23.1 Å². The Labute approximate surface area is 166 Å². The normalized spacial score (nSPS) is 11.3. The van der Waals surface area contributed by atoms with Crippen molar-refractivity contribution in [3.8, 4) is 0 Å². The molecule has 0 aliphatic heterocycles. The number of methoxy groups -OCH3 is 1. The fourth-order valence-electron chi connectivity index (χ4n) is 3.08. The first-order valence-corrected chi connectivity index (χ1v) is 9.19. The molecule has 154 valence electrons. The number of imidazole rings is 1. The molecule has 1 amide bonds. The molecule has 0 saturated heterocycles. The van der Waals surface area contributed by atoms with Gasteiger partial charge in [0, 0.05) is 38.8 Å². The average Bonchev–Trinajstić information content (AvgIpc) is 3.14. The molecule has 0 atom stereocenters. The van der Waals surface area contributed by atoms with Crippen molar-refractivity contribution in [2.75, 3.05) is 30.9 Å². The molecule has 10 heteroatoms. The Balaban J connectivity index is 2.12. The molecule has 0 aromatic carbocycles. The van der Waals surface area contributed by atoms with Crippen LogP contribution >= 0.6 is 0 Å². The number of hydrogen-bond donors (Lipinski definition) is 2. The summed E-state index contributed by atoms with van der Waals surface area (Å²) in [5.74, 6) is -0.384. The number of aromatic amines is 1. The lowest BCUT2D eigenvalue weighted by Crippen LogP contribution is -2.43. The number of hydrogen-bond acceptors (Lipinski definition) is 6. The van der Waals surface area contributed by atoms with E-state index >= 15 is 0 Å². The molecule has 3 heterocycles. The number of ether oxygens (including phenoxy) is 1. The first kappa shape index (κ1) is 20.3. The molecular weight excluding hydrogens is 376 g/mol. The van der Waals surface area contributed by atoms with E-state index in [4.69, 9.17) is 10.5 Å². The SMILES string of the molecule is COCCN(C(=O)c1ccc2nccn2c1)c1c(N)n(CC(C)C)c(=O)[nH]c1=O. The molecule has 0 aliphatic carbocycles. The highest BCUT2D eigenvalue weighted by molar-refractivity contribution is 6.07. The summed E-state index contributed by atoms with van der Waals surface area (Å²) in [5, 5.41) is 0. The van der Waals surface area contributed by atoms with E-state index in [9.17, 15) is 14.4 Å². The minimum atomic E-state index is -0.722. The second-order valence-electron chi connectivity index (χ2n) is 7.06. The van der Waals surface area contributed by atoms with Gasteiger partial charge in [-0.2, -0.15) is 0 Å². The number of H-pyrrole nitrogens is 1. The number of nitrogen functional groups attached to an aromatic ring is 1.